The Hall–Kier alpha value is -1.13. The van der Waals surface area contributed by atoms with E-state index in [-0.39, 0.29) is 0 Å². The summed E-state index contributed by atoms with van der Waals surface area (Å²) in [5.74, 6) is 0. The van der Waals surface area contributed by atoms with E-state index < -0.39 is 6.10 Å². The molecule has 0 saturated heterocycles. The van der Waals surface area contributed by atoms with Gasteiger partial charge in [-0.05, 0) is 41.8 Å². The van der Waals surface area contributed by atoms with Gasteiger partial charge in [-0.2, -0.15) is 16.4 Å². The highest BCUT2D eigenvalue weighted by molar-refractivity contribution is 7.07. The maximum Gasteiger partial charge on any atom is 0.0853 e. The zero-order chi connectivity index (χ0) is 12.3. The van der Waals surface area contributed by atoms with Gasteiger partial charge in [-0.1, -0.05) is 6.92 Å². The summed E-state index contributed by atoms with van der Waals surface area (Å²) in [4.78, 5) is 0. The van der Waals surface area contributed by atoms with Gasteiger partial charge in [0.1, 0.15) is 0 Å². The molecule has 92 valence electrons. The third kappa shape index (κ3) is 2.76. The van der Waals surface area contributed by atoms with E-state index in [9.17, 15) is 5.11 Å². The Balaban J connectivity index is 2.15. The Bertz CT molecular complexity index is 462. The fourth-order valence-corrected chi connectivity index (χ4v) is 2.61. The number of aromatic nitrogens is 2. The molecule has 1 atom stereocenters. The summed E-state index contributed by atoms with van der Waals surface area (Å²) in [5.41, 5.74) is 3.21. The van der Waals surface area contributed by atoms with Crippen molar-refractivity contribution in [3.8, 4) is 0 Å². The van der Waals surface area contributed by atoms with Gasteiger partial charge in [0.2, 0.25) is 0 Å². The Morgan fingerprint density at radius 3 is 2.88 bits per heavy atom. The summed E-state index contributed by atoms with van der Waals surface area (Å²) >= 11 is 1.62. The first-order valence-corrected chi connectivity index (χ1v) is 6.94. The predicted molar refractivity (Wildman–Crippen MR) is 70.3 cm³/mol. The highest BCUT2D eigenvalue weighted by Gasteiger charge is 2.13. The first-order valence-electron chi connectivity index (χ1n) is 6.00. The van der Waals surface area contributed by atoms with Gasteiger partial charge in [-0.15, -0.1) is 0 Å². The van der Waals surface area contributed by atoms with E-state index in [4.69, 9.17) is 0 Å². The van der Waals surface area contributed by atoms with Crippen LogP contribution in [-0.4, -0.2) is 14.9 Å². The fraction of sp³-hybridized carbons (Fsp3) is 0.462. The summed E-state index contributed by atoms with van der Waals surface area (Å²) in [5, 5.41) is 18.6. The molecule has 17 heavy (non-hydrogen) atoms. The molecule has 2 rings (SSSR count). The number of hydrogen-bond donors (Lipinski definition) is 1. The standard InChI is InChI=1S/C13H18N2OS/c1-3-11-7-12(15(4-2)14-11)8-13(16)10-5-6-17-9-10/h5-7,9,13,16H,3-4,8H2,1-2H3. The van der Waals surface area contributed by atoms with Crippen LogP contribution in [-0.2, 0) is 19.4 Å². The molecule has 0 aliphatic heterocycles. The molecule has 4 heteroatoms. The van der Waals surface area contributed by atoms with E-state index in [0.29, 0.717) is 6.42 Å². The quantitative estimate of drug-likeness (QED) is 0.886. The van der Waals surface area contributed by atoms with Crippen molar-refractivity contribution in [3.63, 3.8) is 0 Å². The molecule has 2 heterocycles. The zero-order valence-corrected chi connectivity index (χ0v) is 11.1. The second kappa shape index (κ2) is 5.47. The lowest BCUT2D eigenvalue weighted by Crippen LogP contribution is -2.07. The highest BCUT2D eigenvalue weighted by atomic mass is 32.1. The Morgan fingerprint density at radius 2 is 2.29 bits per heavy atom. The summed E-state index contributed by atoms with van der Waals surface area (Å²) in [7, 11) is 0. The Labute approximate surface area is 106 Å². The van der Waals surface area contributed by atoms with Gasteiger partial charge in [0.15, 0.2) is 0 Å². The van der Waals surface area contributed by atoms with Gasteiger partial charge >= 0.3 is 0 Å². The average molecular weight is 250 g/mol. The van der Waals surface area contributed by atoms with E-state index in [2.05, 4.69) is 25.0 Å². The molecule has 0 bridgehead atoms. The predicted octanol–water partition coefficient (Wildman–Crippen LogP) is 2.80. The van der Waals surface area contributed by atoms with Gasteiger partial charge in [0.05, 0.1) is 11.8 Å². The topological polar surface area (TPSA) is 38.0 Å². The van der Waals surface area contributed by atoms with Crippen molar-refractivity contribution < 1.29 is 5.11 Å². The van der Waals surface area contributed by atoms with Crippen LogP contribution in [0, 0.1) is 0 Å². The molecule has 2 aromatic heterocycles. The molecule has 0 radical (unpaired) electrons. The molecule has 3 nitrogen and oxygen atoms in total. The van der Waals surface area contributed by atoms with Crippen LogP contribution in [0.2, 0.25) is 0 Å². The largest absolute Gasteiger partial charge is 0.388 e. The summed E-state index contributed by atoms with van der Waals surface area (Å²) in [6.07, 6.45) is 1.15. The number of aryl methyl sites for hydroxylation is 2. The van der Waals surface area contributed by atoms with Crippen molar-refractivity contribution in [2.75, 3.05) is 0 Å². The lowest BCUT2D eigenvalue weighted by atomic mass is 10.1. The normalized spacial score (nSPS) is 12.9. The van der Waals surface area contributed by atoms with Crippen LogP contribution in [0.25, 0.3) is 0 Å². The van der Waals surface area contributed by atoms with Gasteiger partial charge < -0.3 is 5.11 Å². The van der Waals surface area contributed by atoms with Crippen molar-refractivity contribution in [1.82, 2.24) is 9.78 Å². The molecule has 1 N–H and O–H groups in total. The molecular weight excluding hydrogens is 232 g/mol. The summed E-state index contributed by atoms with van der Waals surface area (Å²) < 4.78 is 1.98. The molecule has 0 fully saturated rings. The van der Waals surface area contributed by atoms with Crippen LogP contribution in [0.3, 0.4) is 0 Å². The molecule has 0 aliphatic rings. The number of thiophene rings is 1. The molecule has 2 aromatic rings. The van der Waals surface area contributed by atoms with Crippen molar-refractivity contribution >= 4 is 11.3 Å². The molecule has 1 unspecified atom stereocenters. The number of hydrogen-bond acceptors (Lipinski definition) is 3. The van der Waals surface area contributed by atoms with E-state index >= 15 is 0 Å². The molecule has 0 aliphatic carbocycles. The van der Waals surface area contributed by atoms with Crippen molar-refractivity contribution in [3.05, 3.63) is 39.8 Å². The van der Waals surface area contributed by atoms with E-state index in [1.54, 1.807) is 11.3 Å². The van der Waals surface area contributed by atoms with Crippen molar-refractivity contribution in [2.24, 2.45) is 0 Å². The second-order valence-electron chi connectivity index (χ2n) is 4.07. The second-order valence-corrected chi connectivity index (χ2v) is 4.85. The van der Waals surface area contributed by atoms with Crippen molar-refractivity contribution in [1.29, 1.82) is 0 Å². The minimum absolute atomic E-state index is 0.423. The van der Waals surface area contributed by atoms with Crippen LogP contribution in [0.4, 0.5) is 0 Å². The maximum absolute atomic E-state index is 10.1. The van der Waals surface area contributed by atoms with Crippen LogP contribution in [0.5, 0.6) is 0 Å². The number of aliphatic hydroxyl groups is 1. The van der Waals surface area contributed by atoms with E-state index in [1.807, 2.05) is 21.5 Å². The first-order chi connectivity index (χ1) is 8.24. The highest BCUT2D eigenvalue weighted by Crippen LogP contribution is 2.21. The van der Waals surface area contributed by atoms with Crippen LogP contribution in [0.1, 0.15) is 36.9 Å². The van der Waals surface area contributed by atoms with Crippen LogP contribution < -0.4 is 0 Å². The zero-order valence-electron chi connectivity index (χ0n) is 10.3. The monoisotopic (exact) mass is 250 g/mol. The molecular formula is C13H18N2OS. The van der Waals surface area contributed by atoms with Crippen LogP contribution >= 0.6 is 11.3 Å². The summed E-state index contributed by atoms with van der Waals surface area (Å²) in [6.45, 7) is 5.03. The van der Waals surface area contributed by atoms with E-state index in [1.165, 1.54) is 0 Å². The first kappa shape index (κ1) is 12.3. The molecule has 0 amide bonds. The van der Waals surface area contributed by atoms with Gasteiger partial charge in [0, 0.05) is 18.7 Å². The number of rotatable bonds is 5. The van der Waals surface area contributed by atoms with Gasteiger partial charge in [0.25, 0.3) is 0 Å². The third-order valence-corrected chi connectivity index (χ3v) is 3.61. The minimum Gasteiger partial charge on any atom is -0.388 e. The molecule has 0 spiro atoms. The Morgan fingerprint density at radius 1 is 1.47 bits per heavy atom. The minimum atomic E-state index is -0.423. The van der Waals surface area contributed by atoms with Gasteiger partial charge in [-0.3, -0.25) is 4.68 Å². The summed E-state index contributed by atoms with van der Waals surface area (Å²) in [6, 6.07) is 4.07. The third-order valence-electron chi connectivity index (χ3n) is 2.91. The Kier molecular flexibility index (Phi) is 3.97. The smallest absolute Gasteiger partial charge is 0.0853 e. The lowest BCUT2D eigenvalue weighted by molar-refractivity contribution is 0.176. The van der Waals surface area contributed by atoms with E-state index in [0.717, 1.165) is 29.9 Å². The molecule has 0 aromatic carbocycles. The maximum atomic E-state index is 10.1. The lowest BCUT2D eigenvalue weighted by Gasteiger charge is -2.09. The fourth-order valence-electron chi connectivity index (χ4n) is 1.91. The van der Waals surface area contributed by atoms with Crippen LogP contribution in [0.15, 0.2) is 22.9 Å². The SMILES string of the molecule is CCc1cc(CC(O)c2ccsc2)n(CC)n1. The number of nitrogens with zero attached hydrogens (tertiary/aromatic N) is 2. The van der Waals surface area contributed by atoms with Gasteiger partial charge in [-0.25, -0.2) is 0 Å². The number of aliphatic hydroxyl groups excluding tert-OH is 1. The van der Waals surface area contributed by atoms with Crippen molar-refractivity contribution in [2.45, 2.75) is 39.3 Å². The molecule has 0 saturated carbocycles. The average Bonchev–Trinajstić information content (AvgIpc) is 2.97.